The van der Waals surface area contributed by atoms with Gasteiger partial charge in [0.25, 0.3) is 0 Å². The van der Waals surface area contributed by atoms with Crippen LogP contribution in [0.25, 0.3) is 0 Å². The maximum absolute atomic E-state index is 12.7. The molecule has 0 unspecified atom stereocenters. The molecule has 1 saturated heterocycles. The number of esters is 1. The SMILES string of the molecule is CCOC(=O)C[C@@H]1CN([C@H](C)c2ccccc2)C(=O)[C@H]1C(C)=O. The van der Waals surface area contributed by atoms with Gasteiger partial charge in [0.05, 0.1) is 19.1 Å². The Morgan fingerprint density at radius 2 is 1.96 bits per heavy atom. The smallest absolute Gasteiger partial charge is 0.306 e. The minimum atomic E-state index is -0.745. The third kappa shape index (κ3) is 3.78. The van der Waals surface area contributed by atoms with E-state index in [1.165, 1.54) is 6.92 Å². The fourth-order valence-electron chi connectivity index (χ4n) is 3.21. The molecule has 23 heavy (non-hydrogen) atoms. The van der Waals surface area contributed by atoms with E-state index in [4.69, 9.17) is 4.74 Å². The van der Waals surface area contributed by atoms with Gasteiger partial charge in [0.15, 0.2) is 0 Å². The second-order valence-electron chi connectivity index (χ2n) is 5.93. The summed E-state index contributed by atoms with van der Waals surface area (Å²) >= 11 is 0. The lowest BCUT2D eigenvalue weighted by atomic mass is 9.89. The van der Waals surface area contributed by atoms with Crippen molar-refractivity contribution in [2.24, 2.45) is 11.8 Å². The molecule has 1 aliphatic rings. The van der Waals surface area contributed by atoms with Crippen molar-refractivity contribution in [1.29, 1.82) is 0 Å². The Hall–Kier alpha value is -2.17. The molecule has 1 heterocycles. The summed E-state index contributed by atoms with van der Waals surface area (Å²) in [6.07, 6.45) is 0.0990. The quantitative estimate of drug-likeness (QED) is 0.597. The summed E-state index contributed by atoms with van der Waals surface area (Å²) in [6.45, 7) is 5.80. The minimum absolute atomic E-state index is 0.0990. The number of likely N-dealkylation sites (tertiary alicyclic amines) is 1. The van der Waals surface area contributed by atoms with Gasteiger partial charge in [-0.1, -0.05) is 30.3 Å². The van der Waals surface area contributed by atoms with E-state index >= 15 is 0 Å². The highest BCUT2D eigenvalue weighted by molar-refractivity contribution is 6.02. The zero-order chi connectivity index (χ0) is 17.0. The molecule has 0 bridgehead atoms. The average molecular weight is 317 g/mol. The summed E-state index contributed by atoms with van der Waals surface area (Å²) in [4.78, 5) is 38.0. The topological polar surface area (TPSA) is 63.7 Å². The number of rotatable bonds is 6. The molecule has 0 aliphatic carbocycles. The highest BCUT2D eigenvalue weighted by Crippen LogP contribution is 2.34. The molecule has 1 aromatic carbocycles. The summed E-state index contributed by atoms with van der Waals surface area (Å²) in [5, 5.41) is 0. The van der Waals surface area contributed by atoms with Crippen LogP contribution in [0.4, 0.5) is 0 Å². The molecule has 2 rings (SSSR count). The van der Waals surface area contributed by atoms with Crippen LogP contribution in [0.5, 0.6) is 0 Å². The number of ketones is 1. The van der Waals surface area contributed by atoms with E-state index < -0.39 is 5.92 Å². The van der Waals surface area contributed by atoms with Crippen LogP contribution in [0.2, 0.25) is 0 Å². The molecule has 124 valence electrons. The first-order valence-corrected chi connectivity index (χ1v) is 7.97. The van der Waals surface area contributed by atoms with Crippen LogP contribution in [0.15, 0.2) is 30.3 Å². The highest BCUT2D eigenvalue weighted by Gasteiger charge is 2.45. The Bertz CT molecular complexity index is 584. The van der Waals surface area contributed by atoms with Gasteiger partial charge >= 0.3 is 5.97 Å². The Morgan fingerprint density at radius 1 is 1.30 bits per heavy atom. The number of hydrogen-bond acceptors (Lipinski definition) is 4. The third-order valence-corrected chi connectivity index (χ3v) is 4.37. The second kappa shape index (κ2) is 7.40. The molecule has 1 amide bonds. The second-order valence-corrected chi connectivity index (χ2v) is 5.93. The predicted molar refractivity (Wildman–Crippen MR) is 85.5 cm³/mol. The minimum Gasteiger partial charge on any atom is -0.466 e. The van der Waals surface area contributed by atoms with Crippen molar-refractivity contribution in [3.8, 4) is 0 Å². The van der Waals surface area contributed by atoms with Crippen molar-refractivity contribution in [2.75, 3.05) is 13.2 Å². The zero-order valence-electron chi connectivity index (χ0n) is 13.8. The molecule has 1 fully saturated rings. The van der Waals surface area contributed by atoms with Gasteiger partial charge in [0, 0.05) is 12.5 Å². The van der Waals surface area contributed by atoms with Gasteiger partial charge in [-0.05, 0) is 26.3 Å². The highest BCUT2D eigenvalue weighted by atomic mass is 16.5. The number of benzene rings is 1. The van der Waals surface area contributed by atoms with E-state index in [-0.39, 0.29) is 36.0 Å². The molecule has 5 heteroatoms. The predicted octanol–water partition coefficient (Wildman–Crippen LogP) is 2.36. The molecule has 0 spiro atoms. The molecular weight excluding hydrogens is 294 g/mol. The van der Waals surface area contributed by atoms with E-state index in [0.717, 1.165) is 5.56 Å². The lowest BCUT2D eigenvalue weighted by molar-refractivity contribution is -0.144. The van der Waals surface area contributed by atoms with E-state index in [0.29, 0.717) is 13.2 Å². The number of amides is 1. The van der Waals surface area contributed by atoms with Crippen molar-refractivity contribution in [2.45, 2.75) is 33.2 Å². The maximum atomic E-state index is 12.7. The maximum Gasteiger partial charge on any atom is 0.306 e. The van der Waals surface area contributed by atoms with Crippen molar-refractivity contribution >= 4 is 17.7 Å². The summed E-state index contributed by atoms with van der Waals surface area (Å²) in [5.41, 5.74) is 1.01. The summed E-state index contributed by atoms with van der Waals surface area (Å²) in [7, 11) is 0. The molecule has 3 atom stereocenters. The van der Waals surface area contributed by atoms with Crippen molar-refractivity contribution in [1.82, 2.24) is 4.90 Å². The van der Waals surface area contributed by atoms with Crippen LogP contribution >= 0.6 is 0 Å². The first kappa shape index (κ1) is 17.2. The first-order chi connectivity index (χ1) is 11.0. The lowest BCUT2D eigenvalue weighted by Gasteiger charge is -2.25. The van der Waals surface area contributed by atoms with Crippen LogP contribution in [0.1, 0.15) is 38.8 Å². The molecule has 5 nitrogen and oxygen atoms in total. The van der Waals surface area contributed by atoms with Gasteiger partial charge in [-0.15, -0.1) is 0 Å². The Labute approximate surface area is 136 Å². The largest absolute Gasteiger partial charge is 0.466 e. The van der Waals surface area contributed by atoms with E-state index in [1.807, 2.05) is 37.3 Å². The van der Waals surface area contributed by atoms with Crippen LogP contribution in [-0.4, -0.2) is 35.7 Å². The molecule has 1 aromatic rings. The monoisotopic (exact) mass is 317 g/mol. The van der Waals surface area contributed by atoms with Gasteiger partial charge in [0.1, 0.15) is 11.7 Å². The van der Waals surface area contributed by atoms with Crippen molar-refractivity contribution in [3.05, 3.63) is 35.9 Å². The average Bonchev–Trinajstić information content (AvgIpc) is 2.84. The van der Waals surface area contributed by atoms with Gasteiger partial charge in [0.2, 0.25) is 5.91 Å². The van der Waals surface area contributed by atoms with Crippen LogP contribution in [0, 0.1) is 11.8 Å². The van der Waals surface area contributed by atoms with Gasteiger partial charge in [-0.3, -0.25) is 14.4 Å². The standard InChI is InChI=1S/C18H23NO4/c1-4-23-16(21)10-15-11-19(18(22)17(15)13(3)20)12(2)14-8-6-5-7-9-14/h5-9,12,15,17H,4,10-11H2,1-3H3/t12-,15-,17+/m1/s1. The van der Waals surface area contributed by atoms with E-state index in [2.05, 4.69) is 0 Å². The summed E-state index contributed by atoms with van der Waals surface area (Å²) in [6, 6.07) is 9.55. The van der Waals surface area contributed by atoms with Crippen LogP contribution in [-0.2, 0) is 19.1 Å². The molecule has 0 aromatic heterocycles. The first-order valence-electron chi connectivity index (χ1n) is 7.97. The number of Topliss-reactive ketones (excluding diaryl/α,β-unsaturated/α-hetero) is 1. The van der Waals surface area contributed by atoms with Crippen LogP contribution in [0.3, 0.4) is 0 Å². The number of ether oxygens (including phenoxy) is 1. The van der Waals surface area contributed by atoms with Crippen LogP contribution < -0.4 is 0 Å². The van der Waals surface area contributed by atoms with Gasteiger partial charge in [-0.2, -0.15) is 0 Å². The zero-order valence-corrected chi connectivity index (χ0v) is 13.8. The number of nitrogens with zero attached hydrogens (tertiary/aromatic N) is 1. The molecule has 0 radical (unpaired) electrons. The van der Waals surface area contributed by atoms with Gasteiger partial charge < -0.3 is 9.64 Å². The molecule has 1 aliphatic heterocycles. The number of carbonyl (C=O) groups excluding carboxylic acids is 3. The third-order valence-electron chi connectivity index (χ3n) is 4.37. The Balaban J connectivity index is 2.18. The van der Waals surface area contributed by atoms with E-state index in [1.54, 1.807) is 11.8 Å². The Morgan fingerprint density at radius 3 is 2.52 bits per heavy atom. The lowest BCUT2D eigenvalue weighted by Crippen LogP contribution is -2.32. The Kier molecular flexibility index (Phi) is 5.53. The molecule has 0 saturated carbocycles. The van der Waals surface area contributed by atoms with E-state index in [9.17, 15) is 14.4 Å². The summed E-state index contributed by atoms with van der Waals surface area (Å²) < 4.78 is 4.97. The normalized spacial score (nSPS) is 22.0. The van der Waals surface area contributed by atoms with Crippen molar-refractivity contribution in [3.63, 3.8) is 0 Å². The van der Waals surface area contributed by atoms with Crippen molar-refractivity contribution < 1.29 is 19.1 Å². The fraction of sp³-hybridized carbons (Fsp3) is 0.500. The number of carbonyl (C=O) groups is 3. The summed E-state index contributed by atoms with van der Waals surface area (Å²) in [5.74, 6) is -1.79. The number of hydrogen-bond donors (Lipinski definition) is 0. The molecular formula is C18H23NO4. The fourth-order valence-corrected chi connectivity index (χ4v) is 3.21. The van der Waals surface area contributed by atoms with Gasteiger partial charge in [-0.25, -0.2) is 0 Å². The molecule has 0 N–H and O–H groups in total.